The van der Waals surface area contributed by atoms with Crippen LogP contribution in [0.3, 0.4) is 0 Å². The second-order valence-electron chi connectivity index (χ2n) is 6.39. The van der Waals surface area contributed by atoms with Gasteiger partial charge in [-0.05, 0) is 41.5 Å². The van der Waals surface area contributed by atoms with E-state index in [2.05, 4.69) is 10.5 Å². The highest BCUT2D eigenvalue weighted by Gasteiger charge is 2.06. The lowest BCUT2D eigenvalue weighted by Gasteiger charge is -2.11. The molecule has 0 aliphatic carbocycles. The highest BCUT2D eigenvalue weighted by Crippen LogP contribution is 2.28. The molecule has 6 heteroatoms. The molecule has 0 heterocycles. The van der Waals surface area contributed by atoms with Crippen molar-refractivity contribution in [2.45, 2.75) is 17.9 Å². The van der Waals surface area contributed by atoms with Crippen molar-refractivity contribution in [3.05, 3.63) is 90.0 Å². The summed E-state index contributed by atoms with van der Waals surface area (Å²) < 4.78 is 11.3. The van der Waals surface area contributed by atoms with Gasteiger partial charge in [0.05, 0.1) is 13.3 Å². The summed E-state index contributed by atoms with van der Waals surface area (Å²) in [5, 5.41) is 4.04. The Morgan fingerprint density at radius 3 is 2.47 bits per heavy atom. The lowest BCUT2D eigenvalue weighted by molar-refractivity contribution is -0.120. The Morgan fingerprint density at radius 2 is 1.73 bits per heavy atom. The van der Waals surface area contributed by atoms with Crippen molar-refractivity contribution < 1.29 is 14.3 Å². The van der Waals surface area contributed by atoms with Gasteiger partial charge in [0.15, 0.2) is 11.5 Å². The van der Waals surface area contributed by atoms with Gasteiger partial charge in [0, 0.05) is 17.1 Å². The number of benzene rings is 3. The van der Waals surface area contributed by atoms with E-state index in [1.54, 1.807) is 25.1 Å². The number of hydrogen-bond donors (Lipinski definition) is 1. The Kier molecular flexibility index (Phi) is 8.35. The molecule has 1 N–H and O–H groups in total. The van der Waals surface area contributed by atoms with Gasteiger partial charge in [0.25, 0.3) is 0 Å². The van der Waals surface area contributed by atoms with E-state index in [1.165, 1.54) is 0 Å². The second-order valence-corrected chi connectivity index (χ2v) is 7.56. The summed E-state index contributed by atoms with van der Waals surface area (Å²) in [7, 11) is 1.60. The third kappa shape index (κ3) is 6.97. The van der Waals surface area contributed by atoms with E-state index in [-0.39, 0.29) is 5.91 Å². The summed E-state index contributed by atoms with van der Waals surface area (Å²) in [6.45, 7) is 0.460. The van der Waals surface area contributed by atoms with E-state index >= 15 is 0 Å². The van der Waals surface area contributed by atoms with Gasteiger partial charge in [-0.1, -0.05) is 48.5 Å². The van der Waals surface area contributed by atoms with Crippen LogP contribution in [0.2, 0.25) is 0 Å². The zero-order valence-corrected chi connectivity index (χ0v) is 17.6. The number of methoxy groups -OCH3 is 1. The summed E-state index contributed by atoms with van der Waals surface area (Å²) in [4.78, 5) is 13.1. The van der Waals surface area contributed by atoms with Crippen LogP contribution in [0.1, 0.15) is 17.5 Å². The van der Waals surface area contributed by atoms with Gasteiger partial charge < -0.3 is 9.47 Å². The number of nitrogens with one attached hydrogen (secondary N) is 1. The molecule has 0 fully saturated rings. The standard InChI is InChI=1S/C24H24N2O3S/c1-28-23-16-20(12-13-22(23)29-18-19-8-4-2-5-9-19)17-25-26-24(27)14-15-30-21-10-6-3-7-11-21/h2-13,16-17H,14-15,18H2,1H3,(H,26,27)/b25-17+. The normalized spacial score (nSPS) is 10.7. The summed E-state index contributed by atoms with van der Waals surface area (Å²) in [5.41, 5.74) is 4.45. The number of amides is 1. The van der Waals surface area contributed by atoms with E-state index in [0.29, 0.717) is 30.3 Å². The molecule has 3 aromatic carbocycles. The van der Waals surface area contributed by atoms with Crippen molar-refractivity contribution in [1.29, 1.82) is 0 Å². The van der Waals surface area contributed by atoms with Crippen LogP contribution in [-0.2, 0) is 11.4 Å². The van der Waals surface area contributed by atoms with Crippen LogP contribution in [0.15, 0.2) is 88.9 Å². The fraction of sp³-hybridized carbons (Fsp3) is 0.167. The number of carbonyl (C=O) groups is 1. The smallest absolute Gasteiger partial charge is 0.240 e. The summed E-state index contributed by atoms with van der Waals surface area (Å²) in [6, 6.07) is 25.5. The molecule has 0 aliphatic heterocycles. The van der Waals surface area contributed by atoms with Crippen LogP contribution in [-0.4, -0.2) is 25.0 Å². The number of hydrazone groups is 1. The number of nitrogens with zero attached hydrogens (tertiary/aromatic N) is 1. The Hall–Kier alpha value is -3.25. The van der Waals surface area contributed by atoms with E-state index in [0.717, 1.165) is 16.0 Å². The highest BCUT2D eigenvalue weighted by molar-refractivity contribution is 7.99. The third-order valence-electron chi connectivity index (χ3n) is 4.17. The average molecular weight is 421 g/mol. The van der Waals surface area contributed by atoms with Crippen molar-refractivity contribution in [3.63, 3.8) is 0 Å². The lowest BCUT2D eigenvalue weighted by Crippen LogP contribution is -2.17. The Bertz CT molecular complexity index is 963. The Balaban J connectivity index is 1.47. The molecule has 0 atom stereocenters. The Labute approximate surface area is 181 Å². The topological polar surface area (TPSA) is 59.9 Å². The van der Waals surface area contributed by atoms with Crippen LogP contribution in [0.5, 0.6) is 11.5 Å². The molecule has 0 aromatic heterocycles. The molecular formula is C24H24N2O3S. The van der Waals surface area contributed by atoms with Gasteiger partial charge in [0.2, 0.25) is 5.91 Å². The number of carbonyl (C=O) groups excluding carboxylic acids is 1. The van der Waals surface area contributed by atoms with Crippen LogP contribution < -0.4 is 14.9 Å². The first-order valence-electron chi connectivity index (χ1n) is 9.59. The third-order valence-corrected chi connectivity index (χ3v) is 5.18. The molecule has 30 heavy (non-hydrogen) atoms. The van der Waals surface area contributed by atoms with Crippen molar-refractivity contribution in [3.8, 4) is 11.5 Å². The van der Waals surface area contributed by atoms with Crippen molar-refractivity contribution in [2.24, 2.45) is 5.10 Å². The van der Waals surface area contributed by atoms with E-state index in [4.69, 9.17) is 9.47 Å². The van der Waals surface area contributed by atoms with Gasteiger partial charge in [0.1, 0.15) is 6.61 Å². The molecule has 0 unspecified atom stereocenters. The molecule has 0 radical (unpaired) electrons. The number of rotatable bonds is 10. The maximum Gasteiger partial charge on any atom is 0.240 e. The fourth-order valence-corrected chi connectivity index (χ4v) is 3.50. The number of thioether (sulfide) groups is 1. The highest BCUT2D eigenvalue weighted by atomic mass is 32.2. The zero-order valence-electron chi connectivity index (χ0n) is 16.8. The maximum atomic E-state index is 11.9. The van der Waals surface area contributed by atoms with Gasteiger partial charge in [-0.15, -0.1) is 11.8 Å². The minimum Gasteiger partial charge on any atom is -0.493 e. The summed E-state index contributed by atoms with van der Waals surface area (Å²) >= 11 is 1.64. The van der Waals surface area contributed by atoms with Crippen LogP contribution in [0, 0.1) is 0 Å². The van der Waals surface area contributed by atoms with Gasteiger partial charge in [-0.25, -0.2) is 5.43 Å². The fourth-order valence-electron chi connectivity index (χ4n) is 2.63. The first-order valence-corrected chi connectivity index (χ1v) is 10.6. The van der Waals surface area contributed by atoms with Crippen molar-refractivity contribution in [2.75, 3.05) is 12.9 Å². The summed E-state index contributed by atoms with van der Waals surface area (Å²) in [6.07, 6.45) is 1.98. The van der Waals surface area contributed by atoms with Gasteiger partial charge in [-0.2, -0.15) is 5.10 Å². The second kappa shape index (κ2) is 11.7. The predicted octanol–water partition coefficient (Wildman–Crippen LogP) is 4.91. The number of ether oxygens (including phenoxy) is 2. The zero-order chi connectivity index (χ0) is 21.0. The maximum absolute atomic E-state index is 11.9. The van der Waals surface area contributed by atoms with Crippen LogP contribution >= 0.6 is 11.8 Å². The molecule has 3 rings (SSSR count). The van der Waals surface area contributed by atoms with Crippen molar-refractivity contribution >= 4 is 23.9 Å². The lowest BCUT2D eigenvalue weighted by atomic mass is 10.2. The molecule has 5 nitrogen and oxygen atoms in total. The van der Waals surface area contributed by atoms with Gasteiger partial charge >= 0.3 is 0 Å². The number of hydrogen-bond acceptors (Lipinski definition) is 5. The molecule has 0 spiro atoms. The van der Waals surface area contributed by atoms with Crippen LogP contribution in [0.4, 0.5) is 0 Å². The summed E-state index contributed by atoms with van der Waals surface area (Å²) in [5.74, 6) is 1.84. The van der Waals surface area contributed by atoms with E-state index < -0.39 is 0 Å². The van der Waals surface area contributed by atoms with E-state index in [9.17, 15) is 4.79 Å². The van der Waals surface area contributed by atoms with Crippen LogP contribution in [0.25, 0.3) is 0 Å². The first-order chi connectivity index (χ1) is 14.7. The molecule has 154 valence electrons. The quantitative estimate of drug-likeness (QED) is 0.288. The van der Waals surface area contributed by atoms with Crippen molar-refractivity contribution in [1.82, 2.24) is 5.43 Å². The Morgan fingerprint density at radius 1 is 1.00 bits per heavy atom. The molecule has 0 aliphatic rings. The minimum atomic E-state index is -0.121. The average Bonchev–Trinajstić information content (AvgIpc) is 2.79. The largest absolute Gasteiger partial charge is 0.493 e. The molecule has 0 saturated heterocycles. The molecule has 1 amide bonds. The predicted molar refractivity (Wildman–Crippen MR) is 121 cm³/mol. The molecule has 0 bridgehead atoms. The first kappa shape index (κ1) is 21.5. The molecule has 0 saturated carbocycles. The SMILES string of the molecule is COc1cc(/C=N/NC(=O)CCSc2ccccc2)ccc1OCc1ccccc1. The van der Waals surface area contributed by atoms with E-state index in [1.807, 2.05) is 78.9 Å². The minimum absolute atomic E-state index is 0.121. The monoisotopic (exact) mass is 420 g/mol. The van der Waals surface area contributed by atoms with Gasteiger partial charge in [-0.3, -0.25) is 4.79 Å². The molecule has 3 aromatic rings. The molecular weight excluding hydrogens is 396 g/mol.